The zero-order valence-electron chi connectivity index (χ0n) is 11.0. The molecule has 2 heterocycles. The second-order valence-corrected chi connectivity index (χ2v) is 5.28. The molecule has 0 saturated carbocycles. The van der Waals surface area contributed by atoms with Crippen LogP contribution in [-0.2, 0) is 9.53 Å². The van der Waals surface area contributed by atoms with Crippen LogP contribution < -0.4 is 0 Å². The number of quaternary nitrogens is 1. The van der Waals surface area contributed by atoms with Crippen molar-refractivity contribution in [2.45, 2.75) is 26.2 Å². The first-order chi connectivity index (χ1) is 8.26. The molecule has 98 valence electrons. The number of hydrogen-bond donors (Lipinski definition) is 0. The summed E-state index contributed by atoms with van der Waals surface area (Å²) in [5, 5.41) is 0. The number of likely N-dealkylation sites (N-methyl/N-ethyl adjacent to an activating group) is 1. The molecule has 0 atom stereocenters. The molecule has 2 rings (SSSR count). The second-order valence-electron chi connectivity index (χ2n) is 5.28. The number of carbonyl (C=O) groups is 1. The largest absolute Gasteiger partial charge is 0.370 e. The first-order valence-corrected chi connectivity index (χ1v) is 6.96. The van der Waals surface area contributed by atoms with E-state index < -0.39 is 0 Å². The van der Waals surface area contributed by atoms with Crippen molar-refractivity contribution in [2.24, 2.45) is 0 Å². The predicted molar refractivity (Wildman–Crippen MR) is 66.7 cm³/mol. The lowest BCUT2D eigenvalue weighted by Gasteiger charge is -2.40. The summed E-state index contributed by atoms with van der Waals surface area (Å²) < 4.78 is 6.63. The lowest BCUT2D eigenvalue weighted by molar-refractivity contribution is -0.933. The Bertz CT molecular complexity index is 262. The Kier molecular flexibility index (Phi) is 4.40. The molecule has 0 aromatic rings. The van der Waals surface area contributed by atoms with Crippen molar-refractivity contribution in [1.82, 2.24) is 4.90 Å². The van der Waals surface area contributed by atoms with E-state index in [2.05, 4.69) is 6.92 Å². The maximum atomic E-state index is 11.5. The zero-order chi connectivity index (χ0) is 12.1. The van der Waals surface area contributed by atoms with Crippen LogP contribution in [0, 0.1) is 0 Å². The number of ether oxygens (including phenoxy) is 1. The molecule has 0 bridgehead atoms. The summed E-state index contributed by atoms with van der Waals surface area (Å²) in [7, 11) is 0. The molecular formula is C13H25N2O2+. The highest BCUT2D eigenvalue weighted by molar-refractivity contribution is 5.77. The Morgan fingerprint density at radius 1 is 1.35 bits per heavy atom. The first kappa shape index (κ1) is 12.8. The number of likely N-dealkylation sites (tertiary alicyclic amines) is 1. The molecule has 0 aromatic heterocycles. The Labute approximate surface area is 104 Å². The number of amides is 1. The summed E-state index contributed by atoms with van der Waals surface area (Å²) in [6.07, 6.45) is 2.96. The highest BCUT2D eigenvalue weighted by atomic mass is 16.5. The van der Waals surface area contributed by atoms with E-state index in [0.29, 0.717) is 5.91 Å². The van der Waals surface area contributed by atoms with Crippen LogP contribution in [0.4, 0.5) is 0 Å². The maximum Gasteiger partial charge on any atom is 0.222 e. The van der Waals surface area contributed by atoms with Crippen LogP contribution >= 0.6 is 0 Å². The molecule has 2 saturated heterocycles. The van der Waals surface area contributed by atoms with Crippen molar-refractivity contribution in [1.29, 1.82) is 0 Å². The molecular weight excluding hydrogens is 216 g/mol. The fourth-order valence-corrected chi connectivity index (χ4v) is 2.97. The van der Waals surface area contributed by atoms with Gasteiger partial charge >= 0.3 is 0 Å². The van der Waals surface area contributed by atoms with Gasteiger partial charge in [-0.05, 0) is 13.3 Å². The van der Waals surface area contributed by atoms with Crippen molar-refractivity contribution in [3.63, 3.8) is 0 Å². The van der Waals surface area contributed by atoms with Crippen LogP contribution in [-0.4, -0.2) is 67.8 Å². The van der Waals surface area contributed by atoms with E-state index in [9.17, 15) is 4.79 Å². The highest BCUT2D eigenvalue weighted by Crippen LogP contribution is 2.14. The highest BCUT2D eigenvalue weighted by Gasteiger charge is 2.28. The third-order valence-corrected chi connectivity index (χ3v) is 4.32. The topological polar surface area (TPSA) is 29.5 Å². The van der Waals surface area contributed by atoms with Gasteiger partial charge in [0.25, 0.3) is 0 Å². The molecule has 0 aromatic carbocycles. The van der Waals surface area contributed by atoms with Crippen LogP contribution in [0.2, 0.25) is 0 Å². The average Bonchev–Trinajstić information content (AvgIpc) is 2.76. The summed E-state index contributed by atoms with van der Waals surface area (Å²) in [4.78, 5) is 13.5. The van der Waals surface area contributed by atoms with Crippen LogP contribution in [0.3, 0.4) is 0 Å². The molecule has 0 aliphatic carbocycles. The SMILES string of the molecule is CC[N+]1(CCCN2CCCC2=O)CCOCC1. The van der Waals surface area contributed by atoms with Gasteiger partial charge in [-0.2, -0.15) is 0 Å². The van der Waals surface area contributed by atoms with Crippen LogP contribution in [0.15, 0.2) is 0 Å². The minimum Gasteiger partial charge on any atom is -0.370 e. The number of rotatable bonds is 5. The normalized spacial score (nSPS) is 24.3. The molecule has 4 nitrogen and oxygen atoms in total. The number of morpholine rings is 1. The van der Waals surface area contributed by atoms with Crippen molar-refractivity contribution in [3.8, 4) is 0 Å². The fourth-order valence-electron chi connectivity index (χ4n) is 2.97. The summed E-state index contributed by atoms with van der Waals surface area (Å²) >= 11 is 0. The second kappa shape index (κ2) is 5.83. The first-order valence-electron chi connectivity index (χ1n) is 6.96. The maximum absolute atomic E-state index is 11.5. The third kappa shape index (κ3) is 3.19. The smallest absolute Gasteiger partial charge is 0.222 e. The monoisotopic (exact) mass is 241 g/mol. The minimum atomic E-state index is 0.357. The van der Waals surface area contributed by atoms with Gasteiger partial charge < -0.3 is 14.1 Å². The quantitative estimate of drug-likeness (QED) is 0.668. The van der Waals surface area contributed by atoms with Gasteiger partial charge in [0.2, 0.25) is 5.91 Å². The van der Waals surface area contributed by atoms with Crippen molar-refractivity contribution in [2.75, 3.05) is 52.5 Å². The summed E-state index contributed by atoms with van der Waals surface area (Å²) in [6, 6.07) is 0. The molecule has 2 aliphatic rings. The average molecular weight is 241 g/mol. The van der Waals surface area contributed by atoms with Gasteiger partial charge in [-0.25, -0.2) is 0 Å². The Hall–Kier alpha value is -0.610. The molecule has 4 heteroatoms. The number of nitrogens with zero attached hydrogens (tertiary/aromatic N) is 2. The Morgan fingerprint density at radius 3 is 2.71 bits per heavy atom. The van der Waals surface area contributed by atoms with E-state index in [1.54, 1.807) is 0 Å². The zero-order valence-corrected chi connectivity index (χ0v) is 11.0. The van der Waals surface area contributed by atoms with E-state index in [-0.39, 0.29) is 0 Å². The van der Waals surface area contributed by atoms with Crippen molar-refractivity contribution >= 4 is 5.91 Å². The molecule has 2 fully saturated rings. The molecule has 0 N–H and O–H groups in total. The van der Waals surface area contributed by atoms with Crippen LogP contribution in [0.25, 0.3) is 0 Å². The van der Waals surface area contributed by atoms with E-state index in [4.69, 9.17) is 4.74 Å². The van der Waals surface area contributed by atoms with E-state index >= 15 is 0 Å². The van der Waals surface area contributed by atoms with E-state index in [0.717, 1.165) is 58.7 Å². The molecule has 17 heavy (non-hydrogen) atoms. The van der Waals surface area contributed by atoms with Crippen molar-refractivity contribution in [3.05, 3.63) is 0 Å². The van der Waals surface area contributed by atoms with E-state index in [1.165, 1.54) is 17.6 Å². The summed E-state index contributed by atoms with van der Waals surface area (Å²) in [5.41, 5.74) is 0. The molecule has 0 unspecified atom stereocenters. The van der Waals surface area contributed by atoms with Gasteiger partial charge in [-0.15, -0.1) is 0 Å². The predicted octanol–water partition coefficient (Wildman–Crippen LogP) is 0.866. The van der Waals surface area contributed by atoms with Gasteiger partial charge in [-0.3, -0.25) is 4.79 Å². The lowest BCUT2D eigenvalue weighted by atomic mass is 10.2. The minimum absolute atomic E-state index is 0.357. The summed E-state index contributed by atoms with van der Waals surface area (Å²) in [5.74, 6) is 0.357. The van der Waals surface area contributed by atoms with Gasteiger partial charge in [0, 0.05) is 25.9 Å². The van der Waals surface area contributed by atoms with Crippen molar-refractivity contribution < 1.29 is 14.0 Å². The third-order valence-electron chi connectivity index (χ3n) is 4.32. The van der Waals surface area contributed by atoms with Crippen LogP contribution in [0.5, 0.6) is 0 Å². The van der Waals surface area contributed by atoms with Crippen LogP contribution in [0.1, 0.15) is 26.2 Å². The van der Waals surface area contributed by atoms with Gasteiger partial charge in [0.05, 0.1) is 26.3 Å². The van der Waals surface area contributed by atoms with Gasteiger partial charge in [0.15, 0.2) is 0 Å². The summed E-state index contributed by atoms with van der Waals surface area (Å²) in [6.45, 7) is 10.7. The molecule has 0 radical (unpaired) electrons. The molecule has 0 spiro atoms. The fraction of sp³-hybridized carbons (Fsp3) is 0.923. The van der Waals surface area contributed by atoms with Gasteiger partial charge in [0.1, 0.15) is 13.1 Å². The molecule has 2 aliphatic heterocycles. The van der Waals surface area contributed by atoms with E-state index in [1.807, 2.05) is 4.90 Å². The standard InChI is InChI=1S/C13H25N2O2/c1-2-15(9-11-17-12-10-15)8-4-7-14-6-3-5-13(14)16/h2-12H2,1H3/q+1. The van der Waals surface area contributed by atoms with Gasteiger partial charge in [-0.1, -0.05) is 0 Å². The molecule has 1 amide bonds. The number of carbonyl (C=O) groups excluding carboxylic acids is 1. The number of hydrogen-bond acceptors (Lipinski definition) is 2. The Balaban J connectivity index is 1.74. The lowest BCUT2D eigenvalue weighted by Crippen LogP contribution is -2.55. The Morgan fingerprint density at radius 2 is 2.12 bits per heavy atom.